The molecule has 0 heterocycles. The summed E-state index contributed by atoms with van der Waals surface area (Å²) in [5.41, 5.74) is 0.00861. The Morgan fingerprint density at radius 2 is 2.08 bits per heavy atom. The molecule has 76 valence electrons. The van der Waals surface area contributed by atoms with Gasteiger partial charge < -0.3 is 4.74 Å². The van der Waals surface area contributed by atoms with Crippen molar-refractivity contribution in [2.24, 2.45) is 5.41 Å². The molecule has 1 atom stereocenters. The molecule has 0 saturated heterocycles. The lowest BCUT2D eigenvalue weighted by Gasteiger charge is -2.29. The smallest absolute Gasteiger partial charge is 0.330 e. The fourth-order valence-electron chi connectivity index (χ4n) is 1.12. The van der Waals surface area contributed by atoms with Crippen LogP contribution < -0.4 is 0 Å². The van der Waals surface area contributed by atoms with Crippen LogP contribution in [0.5, 0.6) is 0 Å². The van der Waals surface area contributed by atoms with Crippen LogP contribution in [0.15, 0.2) is 12.7 Å². The van der Waals surface area contributed by atoms with Crippen molar-refractivity contribution in [3.05, 3.63) is 12.7 Å². The van der Waals surface area contributed by atoms with Crippen LogP contribution in [0.1, 0.15) is 40.5 Å². The SMILES string of the molecule is C=CC(=O)OC(CCC)C(C)(C)C. The van der Waals surface area contributed by atoms with Gasteiger partial charge in [-0.15, -0.1) is 0 Å². The van der Waals surface area contributed by atoms with Gasteiger partial charge in [-0.3, -0.25) is 0 Å². The fourth-order valence-corrected chi connectivity index (χ4v) is 1.12. The van der Waals surface area contributed by atoms with Crippen molar-refractivity contribution in [1.29, 1.82) is 0 Å². The summed E-state index contributed by atoms with van der Waals surface area (Å²) in [6.07, 6.45) is 3.13. The van der Waals surface area contributed by atoms with Gasteiger partial charge in [-0.1, -0.05) is 40.7 Å². The molecule has 0 aromatic rings. The lowest BCUT2D eigenvalue weighted by molar-refractivity contribution is -0.149. The molecule has 2 heteroatoms. The molecule has 0 rings (SSSR count). The van der Waals surface area contributed by atoms with E-state index in [1.165, 1.54) is 6.08 Å². The number of esters is 1. The van der Waals surface area contributed by atoms with E-state index in [2.05, 4.69) is 34.3 Å². The highest BCUT2D eigenvalue weighted by atomic mass is 16.5. The molecular weight excluding hydrogens is 164 g/mol. The maximum absolute atomic E-state index is 11.0. The van der Waals surface area contributed by atoms with Gasteiger partial charge >= 0.3 is 5.97 Å². The molecule has 2 nitrogen and oxygen atoms in total. The molecule has 0 aliphatic carbocycles. The molecule has 0 saturated carbocycles. The van der Waals surface area contributed by atoms with E-state index in [1.54, 1.807) is 0 Å². The van der Waals surface area contributed by atoms with E-state index in [4.69, 9.17) is 4.74 Å². The number of carbonyl (C=O) groups is 1. The van der Waals surface area contributed by atoms with Crippen LogP contribution in [-0.4, -0.2) is 12.1 Å². The summed E-state index contributed by atoms with van der Waals surface area (Å²) < 4.78 is 5.25. The Morgan fingerprint density at radius 3 is 2.38 bits per heavy atom. The summed E-state index contributed by atoms with van der Waals surface area (Å²) >= 11 is 0. The van der Waals surface area contributed by atoms with Crippen LogP contribution in [0.3, 0.4) is 0 Å². The number of ether oxygens (including phenoxy) is 1. The highest BCUT2D eigenvalue weighted by Crippen LogP contribution is 2.25. The van der Waals surface area contributed by atoms with Gasteiger partial charge in [0.1, 0.15) is 6.10 Å². The number of hydrogen-bond donors (Lipinski definition) is 0. The summed E-state index contributed by atoms with van der Waals surface area (Å²) in [5.74, 6) is -0.326. The Morgan fingerprint density at radius 1 is 1.54 bits per heavy atom. The molecule has 0 aromatic heterocycles. The van der Waals surface area contributed by atoms with Gasteiger partial charge in [0.2, 0.25) is 0 Å². The van der Waals surface area contributed by atoms with E-state index in [-0.39, 0.29) is 17.5 Å². The van der Waals surface area contributed by atoms with Crippen LogP contribution in [0, 0.1) is 5.41 Å². The van der Waals surface area contributed by atoms with E-state index >= 15 is 0 Å². The fraction of sp³-hybridized carbons (Fsp3) is 0.727. The highest BCUT2D eigenvalue weighted by Gasteiger charge is 2.26. The van der Waals surface area contributed by atoms with Gasteiger partial charge in [0.15, 0.2) is 0 Å². The van der Waals surface area contributed by atoms with Crippen molar-refractivity contribution >= 4 is 5.97 Å². The van der Waals surface area contributed by atoms with Gasteiger partial charge in [0.05, 0.1) is 0 Å². The zero-order valence-corrected chi connectivity index (χ0v) is 9.09. The summed E-state index contributed by atoms with van der Waals surface area (Å²) in [5, 5.41) is 0. The number of rotatable bonds is 4. The highest BCUT2D eigenvalue weighted by molar-refractivity contribution is 5.81. The second-order valence-electron chi connectivity index (χ2n) is 4.28. The predicted octanol–water partition coefficient (Wildman–Crippen LogP) is 2.93. The van der Waals surface area contributed by atoms with E-state index in [9.17, 15) is 4.79 Å². The third-order valence-corrected chi connectivity index (χ3v) is 1.94. The summed E-state index contributed by atoms with van der Waals surface area (Å²) in [6.45, 7) is 11.7. The Kier molecular flexibility index (Phi) is 4.74. The maximum Gasteiger partial charge on any atom is 0.330 e. The summed E-state index contributed by atoms with van der Waals surface area (Å²) in [6, 6.07) is 0. The Bertz CT molecular complexity index is 177. The molecule has 0 aliphatic heterocycles. The Hall–Kier alpha value is -0.790. The predicted molar refractivity (Wildman–Crippen MR) is 54.4 cm³/mol. The van der Waals surface area contributed by atoms with Crippen molar-refractivity contribution in [3.63, 3.8) is 0 Å². The standard InChI is InChI=1S/C11H20O2/c1-6-8-9(11(3,4)5)13-10(12)7-2/h7,9H,2,6,8H2,1,3-5H3. The monoisotopic (exact) mass is 184 g/mol. The van der Waals surface area contributed by atoms with Gasteiger partial charge in [-0.25, -0.2) is 4.79 Å². The number of carbonyl (C=O) groups excluding carboxylic acids is 1. The van der Waals surface area contributed by atoms with Gasteiger partial charge in [0, 0.05) is 6.08 Å². The Balaban J connectivity index is 4.26. The first kappa shape index (κ1) is 12.2. The normalized spacial score (nSPS) is 13.5. The first-order valence-electron chi connectivity index (χ1n) is 4.74. The first-order chi connectivity index (χ1) is 5.91. The summed E-state index contributed by atoms with van der Waals surface area (Å²) in [7, 11) is 0. The zero-order chi connectivity index (χ0) is 10.5. The minimum atomic E-state index is -0.326. The quantitative estimate of drug-likeness (QED) is 0.496. The van der Waals surface area contributed by atoms with Crippen LogP contribution in [0.4, 0.5) is 0 Å². The molecule has 0 fully saturated rings. The van der Waals surface area contributed by atoms with Crippen molar-refractivity contribution in [3.8, 4) is 0 Å². The third kappa shape index (κ3) is 4.71. The second-order valence-corrected chi connectivity index (χ2v) is 4.28. The van der Waals surface area contributed by atoms with E-state index < -0.39 is 0 Å². The van der Waals surface area contributed by atoms with Gasteiger partial charge in [-0.2, -0.15) is 0 Å². The van der Waals surface area contributed by atoms with Crippen LogP contribution in [0.2, 0.25) is 0 Å². The largest absolute Gasteiger partial charge is 0.459 e. The van der Waals surface area contributed by atoms with Crippen LogP contribution in [0.25, 0.3) is 0 Å². The Labute approximate surface area is 81.0 Å². The molecular formula is C11H20O2. The molecule has 0 bridgehead atoms. The lowest BCUT2D eigenvalue weighted by Crippen LogP contribution is -2.31. The number of hydrogen-bond acceptors (Lipinski definition) is 2. The average Bonchev–Trinajstić information content (AvgIpc) is 2.01. The minimum absolute atomic E-state index is 0.00861. The van der Waals surface area contributed by atoms with Crippen molar-refractivity contribution in [1.82, 2.24) is 0 Å². The molecule has 0 aromatic carbocycles. The van der Waals surface area contributed by atoms with Crippen molar-refractivity contribution < 1.29 is 9.53 Å². The molecule has 0 aliphatic rings. The van der Waals surface area contributed by atoms with Gasteiger partial charge in [0.25, 0.3) is 0 Å². The lowest BCUT2D eigenvalue weighted by atomic mass is 9.86. The van der Waals surface area contributed by atoms with Crippen molar-refractivity contribution in [2.45, 2.75) is 46.6 Å². The molecule has 0 radical (unpaired) electrons. The summed E-state index contributed by atoms with van der Waals surface area (Å²) in [4.78, 5) is 11.0. The third-order valence-electron chi connectivity index (χ3n) is 1.94. The van der Waals surface area contributed by atoms with E-state index in [0.29, 0.717) is 0 Å². The first-order valence-corrected chi connectivity index (χ1v) is 4.74. The van der Waals surface area contributed by atoms with E-state index in [0.717, 1.165) is 12.8 Å². The minimum Gasteiger partial charge on any atom is -0.459 e. The molecule has 0 amide bonds. The maximum atomic E-state index is 11.0. The molecule has 1 unspecified atom stereocenters. The van der Waals surface area contributed by atoms with Crippen molar-refractivity contribution in [2.75, 3.05) is 0 Å². The van der Waals surface area contributed by atoms with Crippen LogP contribution in [-0.2, 0) is 9.53 Å². The topological polar surface area (TPSA) is 26.3 Å². The van der Waals surface area contributed by atoms with Gasteiger partial charge in [-0.05, 0) is 11.8 Å². The molecule has 0 spiro atoms. The average molecular weight is 184 g/mol. The van der Waals surface area contributed by atoms with E-state index in [1.807, 2.05) is 0 Å². The zero-order valence-electron chi connectivity index (χ0n) is 9.09. The molecule has 0 N–H and O–H groups in total. The molecule has 13 heavy (non-hydrogen) atoms. The second kappa shape index (κ2) is 5.05. The van der Waals surface area contributed by atoms with Crippen LogP contribution >= 0.6 is 0 Å².